The highest BCUT2D eigenvalue weighted by Crippen LogP contribution is 2.44. The number of hydrogen-bond donors (Lipinski definition) is 0. The third-order valence-electron chi connectivity index (χ3n) is 10.9. The van der Waals surface area contributed by atoms with Crippen LogP contribution in [0.15, 0.2) is 200 Å². The van der Waals surface area contributed by atoms with Crippen molar-refractivity contribution in [2.45, 2.75) is 0 Å². The molecule has 11 rings (SSSR count). The fraction of sp³-hybridized carbons (Fsp3) is 0. The summed E-state index contributed by atoms with van der Waals surface area (Å²) < 4.78 is 4.99. The molecule has 55 heavy (non-hydrogen) atoms. The van der Waals surface area contributed by atoms with E-state index >= 15 is 0 Å². The Morgan fingerprint density at radius 3 is 1.85 bits per heavy atom. The molecular weight excluding hydrogens is 687 g/mol. The minimum atomic E-state index is 1.10. The minimum absolute atomic E-state index is 1.10. The number of nitrogens with zero attached hydrogens (tertiary/aromatic N) is 3. The Hall–Kier alpha value is -7.01. The molecule has 0 aliphatic heterocycles. The van der Waals surface area contributed by atoms with Gasteiger partial charge < -0.3 is 9.47 Å². The number of fused-ring (bicyclic) bond motifs is 8. The first-order valence-electron chi connectivity index (χ1n) is 18.6. The highest BCUT2D eigenvalue weighted by molar-refractivity contribution is 7.27. The number of pyridine rings is 1. The minimum Gasteiger partial charge on any atom is -0.310 e. The molecule has 0 saturated carbocycles. The molecule has 0 unspecified atom stereocenters. The van der Waals surface area contributed by atoms with Crippen molar-refractivity contribution in [2.24, 2.45) is 0 Å². The number of aromatic nitrogens is 2. The summed E-state index contributed by atoms with van der Waals surface area (Å²) in [6, 6.07) is 68.2. The Balaban J connectivity index is 1.06. The standard InChI is InChI=1S/C51H33N3S/c1-3-10-34(11-4-1)35-18-23-39(24-19-35)53(41-27-29-49-47(32-41)44-14-7-8-17-48(44)54(49)38-12-5-2-6-13-38)40-25-20-36(21-26-40)42-15-9-16-45-46-28-22-37-33-52-31-30-43(37)51(46)55-50(42)45/h1-33H. The van der Waals surface area contributed by atoms with Crippen LogP contribution in [-0.2, 0) is 0 Å². The second-order valence-electron chi connectivity index (χ2n) is 14.0. The Bertz CT molecular complexity index is 3180. The molecule has 0 spiro atoms. The second kappa shape index (κ2) is 12.8. The van der Waals surface area contributed by atoms with Crippen molar-refractivity contribution in [3.05, 3.63) is 200 Å². The predicted molar refractivity (Wildman–Crippen MR) is 235 cm³/mol. The summed E-state index contributed by atoms with van der Waals surface area (Å²) >= 11 is 1.88. The summed E-state index contributed by atoms with van der Waals surface area (Å²) in [5.41, 5.74) is 11.7. The van der Waals surface area contributed by atoms with Gasteiger partial charge in [0.2, 0.25) is 0 Å². The van der Waals surface area contributed by atoms with Crippen LogP contribution < -0.4 is 4.90 Å². The fourth-order valence-electron chi connectivity index (χ4n) is 8.28. The van der Waals surface area contributed by atoms with Gasteiger partial charge in [-0.1, -0.05) is 121 Å². The van der Waals surface area contributed by atoms with Crippen LogP contribution in [0.5, 0.6) is 0 Å². The lowest BCUT2D eigenvalue weighted by atomic mass is 10.0. The molecule has 3 aromatic heterocycles. The lowest BCUT2D eigenvalue weighted by molar-refractivity contribution is 1.18. The zero-order chi connectivity index (χ0) is 36.3. The summed E-state index contributed by atoms with van der Waals surface area (Å²) in [6.45, 7) is 0. The van der Waals surface area contributed by atoms with E-state index in [1.165, 1.54) is 75.0 Å². The van der Waals surface area contributed by atoms with Crippen molar-refractivity contribution in [1.29, 1.82) is 0 Å². The summed E-state index contributed by atoms with van der Waals surface area (Å²) in [7, 11) is 0. The van der Waals surface area contributed by atoms with E-state index < -0.39 is 0 Å². The van der Waals surface area contributed by atoms with Gasteiger partial charge in [-0.3, -0.25) is 4.98 Å². The molecule has 0 bridgehead atoms. The maximum absolute atomic E-state index is 4.36. The van der Waals surface area contributed by atoms with Crippen LogP contribution in [0.2, 0.25) is 0 Å². The van der Waals surface area contributed by atoms with Gasteiger partial charge in [-0.2, -0.15) is 0 Å². The van der Waals surface area contributed by atoms with E-state index in [9.17, 15) is 0 Å². The predicted octanol–water partition coefficient (Wildman–Crippen LogP) is 14.5. The molecule has 0 fully saturated rings. The number of hydrogen-bond acceptors (Lipinski definition) is 3. The van der Waals surface area contributed by atoms with Crippen LogP contribution in [0.1, 0.15) is 0 Å². The third kappa shape index (κ3) is 5.22. The number of benzene rings is 8. The van der Waals surface area contributed by atoms with Gasteiger partial charge in [0.05, 0.1) is 11.0 Å². The molecular formula is C51H33N3S. The van der Waals surface area contributed by atoms with E-state index in [0.29, 0.717) is 0 Å². The first kappa shape index (κ1) is 31.5. The molecule has 0 N–H and O–H groups in total. The first-order valence-corrected chi connectivity index (χ1v) is 19.4. The van der Waals surface area contributed by atoms with E-state index in [1.54, 1.807) is 0 Å². The maximum Gasteiger partial charge on any atom is 0.0542 e. The van der Waals surface area contributed by atoms with Gasteiger partial charge >= 0.3 is 0 Å². The van der Waals surface area contributed by atoms with Crippen molar-refractivity contribution in [2.75, 3.05) is 4.90 Å². The summed E-state index contributed by atoms with van der Waals surface area (Å²) in [5.74, 6) is 0. The highest BCUT2D eigenvalue weighted by Gasteiger charge is 2.19. The Morgan fingerprint density at radius 2 is 1.05 bits per heavy atom. The van der Waals surface area contributed by atoms with E-state index in [1.807, 2.05) is 23.7 Å². The van der Waals surface area contributed by atoms with Crippen LogP contribution in [0.4, 0.5) is 17.1 Å². The molecule has 4 heteroatoms. The monoisotopic (exact) mass is 719 g/mol. The molecule has 0 saturated heterocycles. The van der Waals surface area contributed by atoms with Crippen molar-refractivity contribution in [1.82, 2.24) is 9.55 Å². The smallest absolute Gasteiger partial charge is 0.0542 e. The summed E-state index contributed by atoms with van der Waals surface area (Å²) in [4.78, 5) is 6.75. The van der Waals surface area contributed by atoms with E-state index in [2.05, 4.69) is 203 Å². The molecule has 258 valence electrons. The average Bonchev–Trinajstić information content (AvgIpc) is 3.81. The van der Waals surface area contributed by atoms with Crippen molar-refractivity contribution < 1.29 is 0 Å². The maximum atomic E-state index is 4.36. The van der Waals surface area contributed by atoms with Crippen LogP contribution >= 0.6 is 11.3 Å². The normalized spacial score (nSPS) is 11.6. The summed E-state index contributed by atoms with van der Waals surface area (Å²) in [6.07, 6.45) is 3.85. The van der Waals surface area contributed by atoms with Gasteiger partial charge in [-0.05, 0) is 89.0 Å². The quantitative estimate of drug-likeness (QED) is 0.171. The number of rotatable bonds is 6. The van der Waals surface area contributed by atoms with Gasteiger partial charge in [0.15, 0.2) is 0 Å². The van der Waals surface area contributed by atoms with Gasteiger partial charge in [-0.15, -0.1) is 11.3 Å². The molecule has 3 nitrogen and oxygen atoms in total. The Kier molecular flexibility index (Phi) is 7.35. The van der Waals surface area contributed by atoms with Crippen molar-refractivity contribution in [3.8, 4) is 27.9 Å². The molecule has 8 aromatic carbocycles. The SMILES string of the molecule is c1ccc(-c2ccc(N(c3ccc(-c4cccc5c4sc4c6ccncc6ccc54)cc3)c3ccc4c(c3)c3ccccc3n4-c3ccccc3)cc2)cc1. The van der Waals surface area contributed by atoms with Crippen LogP contribution in [0, 0.1) is 0 Å². The number of anilines is 3. The Labute approximate surface area is 322 Å². The lowest BCUT2D eigenvalue weighted by Gasteiger charge is -2.26. The molecule has 0 radical (unpaired) electrons. The zero-order valence-corrected chi connectivity index (χ0v) is 30.6. The first-order chi connectivity index (χ1) is 27.3. The molecule has 0 amide bonds. The van der Waals surface area contributed by atoms with Crippen molar-refractivity contribution >= 4 is 81.1 Å². The van der Waals surface area contributed by atoms with Gasteiger partial charge in [0, 0.05) is 76.9 Å². The van der Waals surface area contributed by atoms with E-state index in [0.717, 1.165) is 22.7 Å². The average molecular weight is 720 g/mol. The van der Waals surface area contributed by atoms with Gasteiger partial charge in [0.1, 0.15) is 0 Å². The Morgan fingerprint density at radius 1 is 0.418 bits per heavy atom. The van der Waals surface area contributed by atoms with Crippen LogP contribution in [-0.4, -0.2) is 9.55 Å². The van der Waals surface area contributed by atoms with Gasteiger partial charge in [-0.25, -0.2) is 0 Å². The van der Waals surface area contributed by atoms with E-state index in [4.69, 9.17) is 0 Å². The third-order valence-corrected chi connectivity index (χ3v) is 12.2. The molecule has 0 aliphatic rings. The second-order valence-corrected chi connectivity index (χ2v) is 15.0. The largest absolute Gasteiger partial charge is 0.310 e. The lowest BCUT2D eigenvalue weighted by Crippen LogP contribution is -2.10. The molecule has 11 aromatic rings. The van der Waals surface area contributed by atoms with Gasteiger partial charge in [0.25, 0.3) is 0 Å². The number of thiophene rings is 1. The molecule has 0 atom stereocenters. The van der Waals surface area contributed by atoms with Crippen LogP contribution in [0.3, 0.4) is 0 Å². The molecule has 0 aliphatic carbocycles. The molecule has 3 heterocycles. The topological polar surface area (TPSA) is 21.1 Å². The highest BCUT2D eigenvalue weighted by atomic mass is 32.1. The fourth-order valence-corrected chi connectivity index (χ4v) is 9.65. The van der Waals surface area contributed by atoms with E-state index in [-0.39, 0.29) is 0 Å². The van der Waals surface area contributed by atoms with Crippen LogP contribution in [0.25, 0.3) is 80.7 Å². The summed E-state index contributed by atoms with van der Waals surface area (Å²) in [5, 5.41) is 7.48. The zero-order valence-electron chi connectivity index (χ0n) is 29.8. The van der Waals surface area contributed by atoms with Crippen molar-refractivity contribution in [3.63, 3.8) is 0 Å². The number of para-hydroxylation sites is 2.